The van der Waals surface area contributed by atoms with Gasteiger partial charge in [0.05, 0.1) is 19.4 Å². The van der Waals surface area contributed by atoms with Crippen molar-refractivity contribution >= 4 is 11.7 Å². The minimum absolute atomic E-state index is 0.172. The van der Waals surface area contributed by atoms with Gasteiger partial charge in [0.1, 0.15) is 17.0 Å². The summed E-state index contributed by atoms with van der Waals surface area (Å²) in [4.78, 5) is 18.2. The lowest BCUT2D eigenvalue weighted by molar-refractivity contribution is 0.0270. The van der Waals surface area contributed by atoms with Gasteiger partial charge < -0.3 is 19.5 Å². The molecule has 126 valence electrons. The van der Waals surface area contributed by atoms with E-state index < -0.39 is 5.60 Å². The van der Waals surface area contributed by atoms with E-state index >= 15 is 0 Å². The normalized spacial score (nSPS) is 15.2. The van der Waals surface area contributed by atoms with Gasteiger partial charge in [-0.3, -0.25) is 0 Å². The lowest BCUT2D eigenvalue weighted by atomic mass is 10.0. The number of nitrogens with zero attached hydrogens (tertiary/aromatic N) is 2. The van der Waals surface area contributed by atoms with Crippen LogP contribution in [-0.2, 0) is 11.3 Å². The largest absolute Gasteiger partial charge is 0.495 e. The van der Waals surface area contributed by atoms with Crippen molar-refractivity contribution < 1.29 is 19.4 Å². The van der Waals surface area contributed by atoms with E-state index in [4.69, 9.17) is 9.47 Å². The Hall–Kier alpha value is -2.08. The second-order valence-electron chi connectivity index (χ2n) is 6.41. The Bertz CT molecular complexity index is 605. The zero-order valence-electron chi connectivity index (χ0n) is 14.1. The van der Waals surface area contributed by atoms with E-state index in [0.29, 0.717) is 31.0 Å². The lowest BCUT2D eigenvalue weighted by Gasteiger charge is -2.29. The summed E-state index contributed by atoms with van der Waals surface area (Å²) >= 11 is 0. The van der Waals surface area contributed by atoms with Gasteiger partial charge in [-0.15, -0.1) is 0 Å². The van der Waals surface area contributed by atoms with Gasteiger partial charge in [0, 0.05) is 13.1 Å². The molecule has 0 aromatic carbocycles. The quantitative estimate of drug-likeness (QED) is 0.927. The van der Waals surface area contributed by atoms with Crippen molar-refractivity contribution in [3.05, 3.63) is 29.6 Å². The van der Waals surface area contributed by atoms with Gasteiger partial charge in [-0.1, -0.05) is 6.08 Å². The number of aliphatic hydroxyl groups is 1. The number of aromatic nitrogens is 1. The third-order valence-electron chi connectivity index (χ3n) is 3.49. The molecule has 0 atom stereocenters. The molecule has 0 saturated carbocycles. The first-order valence-corrected chi connectivity index (χ1v) is 7.66. The Labute approximate surface area is 136 Å². The third-order valence-corrected chi connectivity index (χ3v) is 3.49. The Kier molecular flexibility index (Phi) is 5.26. The first-order chi connectivity index (χ1) is 10.8. The second-order valence-corrected chi connectivity index (χ2v) is 6.41. The van der Waals surface area contributed by atoms with E-state index in [1.165, 1.54) is 0 Å². The van der Waals surface area contributed by atoms with Crippen molar-refractivity contribution in [2.24, 2.45) is 0 Å². The highest BCUT2D eigenvalue weighted by molar-refractivity contribution is 5.72. The first kappa shape index (κ1) is 17.3. The minimum Gasteiger partial charge on any atom is -0.495 e. The number of methoxy groups -OCH3 is 1. The number of aliphatic hydroxyl groups excluding tert-OH is 1. The molecule has 1 aliphatic heterocycles. The number of carbonyl (C=O) groups excluding carboxylic acids is 1. The minimum atomic E-state index is -0.491. The van der Waals surface area contributed by atoms with Crippen LogP contribution in [0.1, 0.15) is 38.6 Å². The second kappa shape index (κ2) is 7.00. The predicted molar refractivity (Wildman–Crippen MR) is 87.1 cm³/mol. The number of rotatable bonds is 3. The Morgan fingerprint density at radius 2 is 2.13 bits per heavy atom. The standard InChI is InChI=1S/C17H24N2O4/c1-17(2,3)23-16(21)19-9-7-12(8-10-19)13-5-6-15(22-4)14(11-20)18-13/h5-7,20H,8-11H2,1-4H3. The summed E-state index contributed by atoms with van der Waals surface area (Å²) in [5, 5.41) is 9.36. The average molecular weight is 320 g/mol. The van der Waals surface area contributed by atoms with Crippen molar-refractivity contribution in [3.8, 4) is 5.75 Å². The lowest BCUT2D eigenvalue weighted by Crippen LogP contribution is -2.39. The SMILES string of the molecule is COc1ccc(C2=CCN(C(=O)OC(C)(C)C)CC2)nc1CO. The molecule has 0 fully saturated rings. The van der Waals surface area contributed by atoms with Gasteiger partial charge in [0.2, 0.25) is 0 Å². The molecule has 0 unspecified atom stereocenters. The summed E-state index contributed by atoms with van der Waals surface area (Å²) in [6, 6.07) is 3.67. The Morgan fingerprint density at radius 3 is 2.65 bits per heavy atom. The molecule has 1 aromatic rings. The van der Waals surface area contributed by atoms with Crippen molar-refractivity contribution in [2.75, 3.05) is 20.2 Å². The van der Waals surface area contributed by atoms with Gasteiger partial charge in [-0.25, -0.2) is 9.78 Å². The number of hydrogen-bond acceptors (Lipinski definition) is 5. The molecule has 2 heterocycles. The van der Waals surface area contributed by atoms with E-state index in [-0.39, 0.29) is 12.7 Å². The van der Waals surface area contributed by atoms with Crippen molar-refractivity contribution in [3.63, 3.8) is 0 Å². The molecule has 0 radical (unpaired) electrons. The molecule has 1 N–H and O–H groups in total. The van der Waals surface area contributed by atoms with Crippen LogP contribution in [0, 0.1) is 0 Å². The van der Waals surface area contributed by atoms with Crippen molar-refractivity contribution in [1.29, 1.82) is 0 Å². The Morgan fingerprint density at radius 1 is 1.39 bits per heavy atom. The highest BCUT2D eigenvalue weighted by atomic mass is 16.6. The average Bonchev–Trinajstić information content (AvgIpc) is 2.52. The molecule has 6 heteroatoms. The van der Waals surface area contributed by atoms with Crippen LogP contribution in [0.3, 0.4) is 0 Å². The fourth-order valence-electron chi connectivity index (χ4n) is 2.36. The zero-order chi connectivity index (χ0) is 17.0. The molecule has 1 aromatic heterocycles. The van der Waals surface area contributed by atoms with Gasteiger partial charge in [-0.2, -0.15) is 0 Å². The van der Waals surface area contributed by atoms with E-state index in [9.17, 15) is 9.90 Å². The van der Waals surface area contributed by atoms with Crippen molar-refractivity contribution in [1.82, 2.24) is 9.88 Å². The van der Waals surface area contributed by atoms with E-state index in [1.807, 2.05) is 32.9 Å². The molecule has 2 rings (SSSR count). The van der Waals surface area contributed by atoms with E-state index in [1.54, 1.807) is 18.1 Å². The third kappa shape index (κ3) is 4.45. The van der Waals surface area contributed by atoms with Gasteiger partial charge in [0.15, 0.2) is 0 Å². The maximum atomic E-state index is 12.1. The summed E-state index contributed by atoms with van der Waals surface area (Å²) < 4.78 is 10.5. The van der Waals surface area contributed by atoms with Gasteiger partial charge in [0.25, 0.3) is 0 Å². The molecule has 1 amide bonds. The molecule has 0 spiro atoms. The summed E-state index contributed by atoms with van der Waals surface area (Å²) in [7, 11) is 1.55. The van der Waals surface area contributed by atoms with Crippen LogP contribution >= 0.6 is 0 Å². The smallest absolute Gasteiger partial charge is 0.410 e. The summed E-state index contributed by atoms with van der Waals surface area (Å²) in [6.45, 7) is 6.47. The van der Waals surface area contributed by atoms with Crippen LogP contribution in [0.25, 0.3) is 5.57 Å². The fraction of sp³-hybridized carbons (Fsp3) is 0.529. The van der Waals surface area contributed by atoms with Crippen LogP contribution in [0.2, 0.25) is 0 Å². The predicted octanol–water partition coefficient (Wildman–Crippen LogP) is 2.61. The number of pyridine rings is 1. The van der Waals surface area contributed by atoms with Crippen LogP contribution in [0.5, 0.6) is 5.75 Å². The maximum absolute atomic E-state index is 12.1. The summed E-state index contributed by atoms with van der Waals surface area (Å²) in [5.41, 5.74) is 1.88. The molecule has 0 bridgehead atoms. The maximum Gasteiger partial charge on any atom is 0.410 e. The molecule has 0 aliphatic carbocycles. The monoisotopic (exact) mass is 320 g/mol. The number of ether oxygens (including phenoxy) is 2. The molecule has 0 saturated heterocycles. The molecule has 23 heavy (non-hydrogen) atoms. The van der Waals surface area contributed by atoms with Crippen LogP contribution in [0.15, 0.2) is 18.2 Å². The van der Waals surface area contributed by atoms with Gasteiger partial charge in [-0.05, 0) is 44.9 Å². The Balaban J connectivity index is 2.08. The summed E-state index contributed by atoms with van der Waals surface area (Å²) in [5.74, 6) is 0.572. The van der Waals surface area contributed by atoms with Crippen molar-refractivity contribution in [2.45, 2.75) is 39.4 Å². The highest BCUT2D eigenvalue weighted by Crippen LogP contribution is 2.25. The zero-order valence-corrected chi connectivity index (χ0v) is 14.1. The number of carbonyl (C=O) groups is 1. The highest BCUT2D eigenvalue weighted by Gasteiger charge is 2.24. The molecule has 1 aliphatic rings. The van der Waals surface area contributed by atoms with E-state index in [2.05, 4.69) is 4.98 Å². The first-order valence-electron chi connectivity index (χ1n) is 7.66. The molecule has 6 nitrogen and oxygen atoms in total. The topological polar surface area (TPSA) is 71.9 Å². The fourth-order valence-corrected chi connectivity index (χ4v) is 2.36. The van der Waals surface area contributed by atoms with E-state index in [0.717, 1.165) is 11.3 Å². The van der Waals surface area contributed by atoms with Crippen LogP contribution in [-0.4, -0.2) is 46.9 Å². The molecular formula is C17H24N2O4. The van der Waals surface area contributed by atoms with Crippen LogP contribution in [0.4, 0.5) is 4.79 Å². The summed E-state index contributed by atoms with van der Waals surface area (Å²) in [6.07, 6.45) is 2.37. The number of hydrogen-bond donors (Lipinski definition) is 1. The molecular weight excluding hydrogens is 296 g/mol. The van der Waals surface area contributed by atoms with Crippen LogP contribution < -0.4 is 4.74 Å². The van der Waals surface area contributed by atoms with Gasteiger partial charge >= 0.3 is 6.09 Å². The number of amides is 1.